The summed E-state index contributed by atoms with van der Waals surface area (Å²) in [6.07, 6.45) is 4.91. The average molecular weight is 209 g/mol. The molecule has 82 valence electrons. The number of aromatic amines is 1. The van der Waals surface area contributed by atoms with E-state index in [0.717, 1.165) is 6.42 Å². The number of hydrogen-bond acceptors (Lipinski definition) is 3. The van der Waals surface area contributed by atoms with Crippen molar-refractivity contribution in [3.8, 4) is 0 Å². The standard InChI is InChI=1S/C9H7NO3.C2H6.H2/c11-8-6-2-4-1-5(4)3-7(6)10-9(12)13-8;1-2;/h2-5H,1H2,(H,10,12);1-2H3;1H. The molecule has 1 aromatic heterocycles. The predicted octanol–water partition coefficient (Wildman–Crippen LogP) is -0.189. The highest BCUT2D eigenvalue weighted by molar-refractivity contribution is 5.46. The third-order valence-corrected chi connectivity index (χ3v) is 2.58. The SMILES string of the molecule is CC.O=c1[nH]c2c(c(=O)o1)=CC1CC1C=2.[HH]. The van der Waals surface area contributed by atoms with Gasteiger partial charge in [-0.2, -0.15) is 0 Å². The van der Waals surface area contributed by atoms with Crippen LogP contribution in [0.25, 0.3) is 12.2 Å². The lowest BCUT2D eigenvalue weighted by Crippen LogP contribution is -2.46. The zero-order chi connectivity index (χ0) is 11.0. The van der Waals surface area contributed by atoms with Gasteiger partial charge in [0, 0.05) is 1.43 Å². The van der Waals surface area contributed by atoms with Gasteiger partial charge in [0.2, 0.25) is 0 Å². The number of aromatic nitrogens is 1. The van der Waals surface area contributed by atoms with E-state index in [1.807, 2.05) is 26.0 Å². The minimum Gasteiger partial charge on any atom is -0.372 e. The number of fused-ring (bicyclic) bond motifs is 2. The highest BCUT2D eigenvalue weighted by atomic mass is 16.4. The first kappa shape index (κ1) is 9.96. The van der Waals surface area contributed by atoms with Crippen molar-refractivity contribution >= 4 is 12.2 Å². The Morgan fingerprint density at radius 1 is 1.33 bits per heavy atom. The molecule has 2 aliphatic carbocycles. The van der Waals surface area contributed by atoms with Gasteiger partial charge in [-0.15, -0.1) is 0 Å². The lowest BCUT2D eigenvalue weighted by atomic mass is 10.2. The van der Waals surface area contributed by atoms with Crippen molar-refractivity contribution in [2.24, 2.45) is 11.8 Å². The maximum atomic E-state index is 11.2. The van der Waals surface area contributed by atoms with Crippen LogP contribution >= 0.6 is 0 Å². The molecule has 0 radical (unpaired) electrons. The molecular weight excluding hydrogens is 194 g/mol. The van der Waals surface area contributed by atoms with E-state index >= 15 is 0 Å². The Balaban J connectivity index is 0.000000406. The summed E-state index contributed by atoms with van der Waals surface area (Å²) >= 11 is 0. The molecule has 2 atom stereocenters. The highest BCUT2D eigenvalue weighted by Gasteiger charge is 2.35. The van der Waals surface area contributed by atoms with E-state index in [1.54, 1.807) is 0 Å². The molecule has 0 aliphatic heterocycles. The molecule has 4 heteroatoms. The van der Waals surface area contributed by atoms with Gasteiger partial charge in [-0.3, -0.25) is 4.98 Å². The number of rotatable bonds is 0. The first-order valence-electron chi connectivity index (χ1n) is 5.21. The number of hydrogen-bond donors (Lipinski definition) is 1. The Hall–Kier alpha value is -1.58. The molecule has 3 rings (SSSR count). The molecule has 0 saturated heterocycles. The lowest BCUT2D eigenvalue weighted by Gasteiger charge is -1.95. The maximum Gasteiger partial charge on any atom is 0.419 e. The van der Waals surface area contributed by atoms with Crippen molar-refractivity contribution in [2.45, 2.75) is 20.3 Å². The molecule has 1 saturated carbocycles. The van der Waals surface area contributed by atoms with Crippen LogP contribution in [0, 0.1) is 11.8 Å². The predicted molar refractivity (Wildman–Crippen MR) is 58.8 cm³/mol. The van der Waals surface area contributed by atoms with Crippen molar-refractivity contribution in [1.82, 2.24) is 4.98 Å². The Labute approximate surface area is 87.4 Å². The number of H-pyrrole nitrogens is 1. The van der Waals surface area contributed by atoms with Crippen LogP contribution in [0.15, 0.2) is 14.0 Å². The van der Waals surface area contributed by atoms with Crippen LogP contribution in [0.3, 0.4) is 0 Å². The molecule has 2 aliphatic rings. The minimum atomic E-state index is -0.674. The second-order valence-electron chi connectivity index (χ2n) is 3.53. The molecule has 1 N–H and O–H groups in total. The number of nitrogens with one attached hydrogen (secondary N) is 1. The highest BCUT2D eigenvalue weighted by Crippen LogP contribution is 2.41. The van der Waals surface area contributed by atoms with Gasteiger partial charge in [0.05, 0.1) is 10.6 Å². The van der Waals surface area contributed by atoms with Gasteiger partial charge in [0.1, 0.15) is 0 Å². The summed E-state index contributed by atoms with van der Waals surface area (Å²) in [5.74, 6) is 0.332. The Kier molecular flexibility index (Phi) is 2.34. The van der Waals surface area contributed by atoms with Gasteiger partial charge in [-0.05, 0) is 18.3 Å². The smallest absolute Gasteiger partial charge is 0.372 e. The average Bonchev–Trinajstić information content (AvgIpc) is 2.96. The second kappa shape index (κ2) is 3.53. The van der Waals surface area contributed by atoms with Gasteiger partial charge in [-0.1, -0.05) is 26.0 Å². The van der Waals surface area contributed by atoms with E-state index < -0.39 is 11.4 Å². The van der Waals surface area contributed by atoms with Gasteiger partial charge in [-0.25, -0.2) is 9.59 Å². The van der Waals surface area contributed by atoms with Crippen LogP contribution in [0.5, 0.6) is 0 Å². The largest absolute Gasteiger partial charge is 0.419 e. The molecule has 1 fully saturated rings. The fourth-order valence-corrected chi connectivity index (χ4v) is 1.79. The van der Waals surface area contributed by atoms with Gasteiger partial charge in [0.15, 0.2) is 0 Å². The van der Waals surface area contributed by atoms with E-state index in [0.29, 0.717) is 22.4 Å². The molecule has 0 amide bonds. The summed E-state index contributed by atoms with van der Waals surface area (Å²) in [5, 5.41) is 1.14. The zero-order valence-electron chi connectivity index (χ0n) is 8.74. The quantitative estimate of drug-likeness (QED) is 0.644. The topological polar surface area (TPSA) is 63.1 Å². The van der Waals surface area contributed by atoms with Crippen LogP contribution in [-0.4, -0.2) is 4.98 Å². The molecule has 0 spiro atoms. The summed E-state index contributed by atoms with van der Waals surface area (Å²) < 4.78 is 4.42. The van der Waals surface area contributed by atoms with E-state index in [4.69, 9.17) is 0 Å². The monoisotopic (exact) mass is 209 g/mol. The van der Waals surface area contributed by atoms with Crippen molar-refractivity contribution in [1.29, 1.82) is 0 Å². The fourth-order valence-electron chi connectivity index (χ4n) is 1.79. The summed E-state index contributed by atoms with van der Waals surface area (Å²) in [5.41, 5.74) is -0.527. The van der Waals surface area contributed by atoms with E-state index in [1.165, 1.54) is 0 Å². The fraction of sp³-hybridized carbons (Fsp3) is 0.455. The third-order valence-electron chi connectivity index (χ3n) is 2.58. The van der Waals surface area contributed by atoms with Crippen LogP contribution in [0.2, 0.25) is 0 Å². The van der Waals surface area contributed by atoms with Crippen molar-refractivity contribution in [2.75, 3.05) is 0 Å². The molecule has 0 aromatic carbocycles. The summed E-state index contributed by atoms with van der Waals surface area (Å²) in [6, 6.07) is 0. The molecule has 15 heavy (non-hydrogen) atoms. The van der Waals surface area contributed by atoms with Crippen LogP contribution in [0.4, 0.5) is 0 Å². The summed E-state index contributed by atoms with van der Waals surface area (Å²) in [6.45, 7) is 4.00. The normalized spacial score (nSPS) is 24.7. The van der Waals surface area contributed by atoms with E-state index in [9.17, 15) is 9.59 Å². The van der Waals surface area contributed by atoms with E-state index in [2.05, 4.69) is 9.40 Å². The Morgan fingerprint density at radius 2 is 2.00 bits per heavy atom. The molecular formula is C11H15NO3. The van der Waals surface area contributed by atoms with Crippen LogP contribution in [0.1, 0.15) is 21.7 Å². The molecule has 4 nitrogen and oxygen atoms in total. The van der Waals surface area contributed by atoms with Crippen LogP contribution < -0.4 is 21.9 Å². The summed E-state index contributed by atoms with van der Waals surface area (Å²) in [7, 11) is 0. The van der Waals surface area contributed by atoms with Crippen molar-refractivity contribution in [3.05, 3.63) is 31.5 Å². The van der Waals surface area contributed by atoms with E-state index in [-0.39, 0.29) is 1.43 Å². The van der Waals surface area contributed by atoms with Crippen molar-refractivity contribution < 1.29 is 5.84 Å². The molecule has 2 unspecified atom stereocenters. The summed E-state index contributed by atoms with van der Waals surface area (Å²) in [4.78, 5) is 24.6. The minimum absolute atomic E-state index is 0. The van der Waals surface area contributed by atoms with Crippen LogP contribution in [-0.2, 0) is 0 Å². The Morgan fingerprint density at radius 3 is 2.73 bits per heavy atom. The zero-order valence-corrected chi connectivity index (χ0v) is 8.74. The Bertz CT molecular complexity index is 599. The van der Waals surface area contributed by atoms with Gasteiger partial charge < -0.3 is 4.42 Å². The van der Waals surface area contributed by atoms with Crippen molar-refractivity contribution in [3.63, 3.8) is 0 Å². The third kappa shape index (κ3) is 1.67. The first-order valence-corrected chi connectivity index (χ1v) is 5.21. The lowest BCUT2D eigenvalue weighted by molar-refractivity contribution is 0.439. The maximum absolute atomic E-state index is 11.2. The van der Waals surface area contributed by atoms with Gasteiger partial charge in [0.25, 0.3) is 0 Å². The first-order chi connectivity index (χ1) is 7.24. The molecule has 1 heterocycles. The second-order valence-corrected chi connectivity index (χ2v) is 3.53. The van der Waals surface area contributed by atoms with Gasteiger partial charge >= 0.3 is 11.4 Å². The molecule has 0 bridgehead atoms. The molecule has 1 aromatic rings.